The largest absolute Gasteiger partial charge is 0.320 e. The second kappa shape index (κ2) is 8.75. The Morgan fingerprint density at radius 2 is 1.41 bits per heavy atom. The van der Waals surface area contributed by atoms with Gasteiger partial charge >= 0.3 is 0 Å². The average Bonchev–Trinajstić information content (AvgIpc) is 2.53. The van der Waals surface area contributed by atoms with E-state index >= 15 is 0 Å². The normalized spacial score (nSPS) is 12.5. The van der Waals surface area contributed by atoms with Crippen LogP contribution in [0.1, 0.15) is 42.9 Å². The molecule has 0 amide bonds. The molecular formula is C21H29N. The van der Waals surface area contributed by atoms with Crippen molar-refractivity contribution < 1.29 is 0 Å². The molecule has 2 rings (SSSR count). The van der Waals surface area contributed by atoms with E-state index in [0.717, 1.165) is 13.0 Å². The molecule has 0 spiro atoms. The minimum absolute atomic E-state index is 0.585. The summed E-state index contributed by atoms with van der Waals surface area (Å²) in [6.07, 6.45) is 3.48. The SMILES string of the molecule is CNCCC(Cc1ccccc1CC(C)C)c1ccccc1. The van der Waals surface area contributed by atoms with Gasteiger partial charge in [0.05, 0.1) is 0 Å². The molecule has 2 aromatic rings. The van der Waals surface area contributed by atoms with Crippen molar-refractivity contribution in [3.05, 3.63) is 71.3 Å². The van der Waals surface area contributed by atoms with Gasteiger partial charge in [-0.1, -0.05) is 68.4 Å². The molecule has 0 aliphatic rings. The van der Waals surface area contributed by atoms with E-state index in [-0.39, 0.29) is 0 Å². The molecule has 118 valence electrons. The highest BCUT2D eigenvalue weighted by Gasteiger charge is 2.14. The third-order valence-electron chi connectivity index (χ3n) is 4.23. The van der Waals surface area contributed by atoms with Crippen molar-refractivity contribution in [2.24, 2.45) is 5.92 Å². The molecule has 2 aromatic carbocycles. The summed E-state index contributed by atoms with van der Waals surface area (Å²) in [7, 11) is 2.04. The maximum Gasteiger partial charge on any atom is -0.00460 e. The van der Waals surface area contributed by atoms with Crippen LogP contribution < -0.4 is 5.32 Å². The molecule has 1 N–H and O–H groups in total. The second-order valence-corrected chi connectivity index (χ2v) is 6.57. The highest BCUT2D eigenvalue weighted by atomic mass is 14.8. The fraction of sp³-hybridized carbons (Fsp3) is 0.429. The first-order chi connectivity index (χ1) is 10.7. The Kier molecular flexibility index (Phi) is 6.67. The van der Waals surface area contributed by atoms with Gasteiger partial charge in [0.15, 0.2) is 0 Å². The van der Waals surface area contributed by atoms with E-state index in [1.165, 1.54) is 29.5 Å². The molecule has 0 saturated carbocycles. The third-order valence-corrected chi connectivity index (χ3v) is 4.23. The Morgan fingerprint density at radius 3 is 2.00 bits per heavy atom. The number of rotatable bonds is 8. The Morgan fingerprint density at radius 1 is 0.818 bits per heavy atom. The van der Waals surface area contributed by atoms with Crippen molar-refractivity contribution >= 4 is 0 Å². The minimum Gasteiger partial charge on any atom is -0.320 e. The Labute approximate surface area is 135 Å². The highest BCUT2D eigenvalue weighted by molar-refractivity contribution is 5.31. The predicted octanol–water partition coefficient (Wildman–Crippen LogP) is 4.82. The summed E-state index contributed by atoms with van der Waals surface area (Å²) in [5.74, 6) is 1.29. The molecule has 0 saturated heterocycles. The molecule has 1 heteroatoms. The second-order valence-electron chi connectivity index (χ2n) is 6.57. The van der Waals surface area contributed by atoms with Gasteiger partial charge in [-0.25, -0.2) is 0 Å². The van der Waals surface area contributed by atoms with Crippen molar-refractivity contribution in [3.63, 3.8) is 0 Å². The van der Waals surface area contributed by atoms with Crippen molar-refractivity contribution in [2.45, 2.75) is 39.0 Å². The number of nitrogens with one attached hydrogen (secondary N) is 1. The lowest BCUT2D eigenvalue weighted by Gasteiger charge is -2.20. The summed E-state index contributed by atoms with van der Waals surface area (Å²) >= 11 is 0. The fourth-order valence-corrected chi connectivity index (χ4v) is 3.09. The van der Waals surface area contributed by atoms with Crippen molar-refractivity contribution in [2.75, 3.05) is 13.6 Å². The fourth-order valence-electron chi connectivity index (χ4n) is 3.09. The monoisotopic (exact) mass is 295 g/mol. The molecule has 0 aliphatic carbocycles. The third kappa shape index (κ3) is 4.99. The zero-order valence-electron chi connectivity index (χ0n) is 14.2. The van der Waals surface area contributed by atoms with Crippen molar-refractivity contribution in [1.82, 2.24) is 5.32 Å². The lowest BCUT2D eigenvalue weighted by atomic mass is 9.86. The van der Waals surface area contributed by atoms with Crippen LogP contribution in [0.4, 0.5) is 0 Å². The molecule has 1 nitrogen and oxygen atoms in total. The Hall–Kier alpha value is -1.60. The van der Waals surface area contributed by atoms with Crippen LogP contribution in [0.2, 0.25) is 0 Å². The Balaban J connectivity index is 2.20. The molecule has 0 fully saturated rings. The van der Waals surface area contributed by atoms with Crippen molar-refractivity contribution in [3.8, 4) is 0 Å². The lowest BCUT2D eigenvalue weighted by molar-refractivity contribution is 0.584. The van der Waals surface area contributed by atoms with Gasteiger partial charge < -0.3 is 5.32 Å². The molecule has 1 unspecified atom stereocenters. The summed E-state index contributed by atoms with van der Waals surface area (Å²) in [5.41, 5.74) is 4.49. The summed E-state index contributed by atoms with van der Waals surface area (Å²) in [5, 5.41) is 3.30. The van der Waals surface area contributed by atoms with Crippen LogP contribution in [0.5, 0.6) is 0 Å². The van der Waals surface area contributed by atoms with E-state index in [1.54, 1.807) is 0 Å². The first-order valence-corrected chi connectivity index (χ1v) is 8.47. The van der Waals surface area contributed by atoms with Crippen LogP contribution in [0.3, 0.4) is 0 Å². The van der Waals surface area contributed by atoms with Gasteiger partial charge in [-0.05, 0) is 61.4 Å². The summed E-state index contributed by atoms with van der Waals surface area (Å²) in [6.45, 7) is 5.66. The van der Waals surface area contributed by atoms with Gasteiger partial charge in [0.1, 0.15) is 0 Å². The number of hydrogen-bond acceptors (Lipinski definition) is 1. The smallest absolute Gasteiger partial charge is 0.00460 e. The van der Waals surface area contributed by atoms with Crippen LogP contribution >= 0.6 is 0 Å². The van der Waals surface area contributed by atoms with Gasteiger partial charge in [0.2, 0.25) is 0 Å². The van der Waals surface area contributed by atoms with E-state index in [9.17, 15) is 0 Å². The molecule has 0 aliphatic heterocycles. The van der Waals surface area contributed by atoms with Gasteiger partial charge in [0, 0.05) is 0 Å². The molecule has 0 heterocycles. The van der Waals surface area contributed by atoms with Gasteiger partial charge in [-0.15, -0.1) is 0 Å². The number of hydrogen-bond donors (Lipinski definition) is 1. The quantitative estimate of drug-likeness (QED) is 0.736. The van der Waals surface area contributed by atoms with E-state index in [2.05, 4.69) is 73.8 Å². The lowest BCUT2D eigenvalue weighted by Crippen LogP contribution is -2.14. The van der Waals surface area contributed by atoms with E-state index in [0.29, 0.717) is 11.8 Å². The highest BCUT2D eigenvalue weighted by Crippen LogP contribution is 2.26. The van der Waals surface area contributed by atoms with Gasteiger partial charge in [0.25, 0.3) is 0 Å². The average molecular weight is 295 g/mol. The molecule has 0 bridgehead atoms. The molecule has 1 atom stereocenters. The van der Waals surface area contributed by atoms with Crippen LogP contribution in [0.15, 0.2) is 54.6 Å². The van der Waals surface area contributed by atoms with Crippen molar-refractivity contribution in [1.29, 1.82) is 0 Å². The predicted molar refractivity (Wildman–Crippen MR) is 96.4 cm³/mol. The van der Waals surface area contributed by atoms with E-state index < -0.39 is 0 Å². The standard InChI is InChI=1S/C21H29N/c1-17(2)15-19-11-7-8-12-20(19)16-21(13-14-22-3)18-9-5-4-6-10-18/h4-12,17,21-22H,13-16H2,1-3H3. The molecular weight excluding hydrogens is 266 g/mol. The Bertz CT molecular complexity index is 545. The summed E-state index contributed by atoms with van der Waals surface area (Å²) in [6, 6.07) is 19.9. The maximum absolute atomic E-state index is 3.30. The maximum atomic E-state index is 3.30. The zero-order chi connectivity index (χ0) is 15.8. The van der Waals surface area contributed by atoms with Crippen LogP contribution in [0, 0.1) is 5.92 Å². The molecule has 0 radical (unpaired) electrons. The van der Waals surface area contributed by atoms with E-state index in [1.807, 2.05) is 7.05 Å². The van der Waals surface area contributed by atoms with Crippen LogP contribution in [-0.4, -0.2) is 13.6 Å². The van der Waals surface area contributed by atoms with Crippen LogP contribution in [-0.2, 0) is 12.8 Å². The minimum atomic E-state index is 0.585. The molecule has 22 heavy (non-hydrogen) atoms. The van der Waals surface area contributed by atoms with Gasteiger partial charge in [-0.2, -0.15) is 0 Å². The topological polar surface area (TPSA) is 12.0 Å². The van der Waals surface area contributed by atoms with Crippen LogP contribution in [0.25, 0.3) is 0 Å². The summed E-state index contributed by atoms with van der Waals surface area (Å²) in [4.78, 5) is 0. The summed E-state index contributed by atoms with van der Waals surface area (Å²) < 4.78 is 0. The number of benzene rings is 2. The first kappa shape index (κ1) is 16.8. The zero-order valence-corrected chi connectivity index (χ0v) is 14.2. The molecule has 0 aromatic heterocycles. The first-order valence-electron chi connectivity index (χ1n) is 8.47. The van der Waals surface area contributed by atoms with E-state index in [4.69, 9.17) is 0 Å². The van der Waals surface area contributed by atoms with Gasteiger partial charge in [-0.3, -0.25) is 0 Å².